The maximum absolute atomic E-state index is 12.2. The Labute approximate surface area is 153 Å². The summed E-state index contributed by atoms with van der Waals surface area (Å²) in [5, 5.41) is 14.3. The number of nitrogens with zero attached hydrogens (tertiary/aromatic N) is 2. The van der Waals surface area contributed by atoms with Crippen LogP contribution in [0.25, 0.3) is 6.08 Å². The lowest BCUT2D eigenvalue weighted by molar-refractivity contribution is -0.115. The molecular weight excluding hydrogens is 360 g/mol. The summed E-state index contributed by atoms with van der Waals surface area (Å²) in [6.45, 7) is 2.54. The van der Waals surface area contributed by atoms with Gasteiger partial charge in [0.2, 0.25) is 11.8 Å². The number of benzene rings is 1. The quantitative estimate of drug-likeness (QED) is 0.310. The van der Waals surface area contributed by atoms with Gasteiger partial charge in [-0.15, -0.1) is 0 Å². The molecule has 10 heteroatoms. The molecular formula is C16H12N4O5S. The predicted octanol–water partition coefficient (Wildman–Crippen LogP) is 1.44. The summed E-state index contributed by atoms with van der Waals surface area (Å²) in [5.41, 5.74) is 0.759. The van der Waals surface area contributed by atoms with Crippen LogP contribution in [0.4, 0.5) is 11.4 Å². The Morgan fingerprint density at radius 2 is 1.73 bits per heavy atom. The lowest BCUT2D eigenvalue weighted by atomic mass is 9.90. The van der Waals surface area contributed by atoms with Crippen molar-refractivity contribution in [3.8, 4) is 6.07 Å². The number of rotatable bonds is 2. The molecule has 0 aliphatic carbocycles. The van der Waals surface area contributed by atoms with Crippen LogP contribution in [-0.2, 0) is 20.9 Å². The standard InChI is InChI=1S/C16H12N4O5S/c1-6(21)18-13-10-5-20(26)8(4-17)3-9(10)11-12(14(13)19-7(2)22)16(24)25-15(11)23/h3,26H,5H2,1-2H3,(H,18,21)(H,19,22). The number of hydrogen-bond acceptors (Lipinski definition) is 8. The molecule has 2 N–H and O–H groups in total. The van der Waals surface area contributed by atoms with Crippen molar-refractivity contribution in [1.82, 2.24) is 4.31 Å². The van der Waals surface area contributed by atoms with E-state index < -0.39 is 23.8 Å². The topological polar surface area (TPSA) is 129 Å². The third-order valence-corrected chi connectivity index (χ3v) is 4.18. The molecule has 2 aliphatic heterocycles. The molecule has 9 nitrogen and oxygen atoms in total. The van der Waals surface area contributed by atoms with Gasteiger partial charge in [0.1, 0.15) is 17.3 Å². The number of allylic oxidation sites excluding steroid dienone is 1. The minimum Gasteiger partial charge on any atom is -0.386 e. The van der Waals surface area contributed by atoms with Crippen LogP contribution in [0.1, 0.15) is 45.7 Å². The highest BCUT2D eigenvalue weighted by atomic mass is 32.1. The van der Waals surface area contributed by atoms with Crippen LogP contribution in [-0.4, -0.2) is 28.1 Å². The van der Waals surface area contributed by atoms with Crippen molar-refractivity contribution in [1.29, 1.82) is 5.26 Å². The average molecular weight is 372 g/mol. The van der Waals surface area contributed by atoms with Crippen molar-refractivity contribution in [2.24, 2.45) is 0 Å². The molecule has 0 atom stereocenters. The van der Waals surface area contributed by atoms with E-state index >= 15 is 0 Å². The lowest BCUT2D eigenvalue weighted by Crippen LogP contribution is -2.23. The SMILES string of the molecule is CC(=O)Nc1c2c(c3c(c1NC(C)=O)C(=O)OC3=O)C=C(C#N)N(S)C2. The number of nitrogens with one attached hydrogen (secondary N) is 2. The number of nitriles is 1. The first-order valence-corrected chi connectivity index (χ1v) is 7.77. The van der Waals surface area contributed by atoms with E-state index in [1.807, 2.05) is 6.07 Å². The van der Waals surface area contributed by atoms with Crippen LogP contribution >= 0.6 is 12.8 Å². The molecule has 2 heterocycles. The van der Waals surface area contributed by atoms with Gasteiger partial charge in [0.25, 0.3) is 0 Å². The van der Waals surface area contributed by atoms with Gasteiger partial charge in [-0.25, -0.2) is 9.59 Å². The van der Waals surface area contributed by atoms with Gasteiger partial charge in [0.15, 0.2) is 0 Å². The first kappa shape index (κ1) is 17.5. The molecule has 1 aromatic rings. The van der Waals surface area contributed by atoms with E-state index in [9.17, 15) is 24.4 Å². The van der Waals surface area contributed by atoms with E-state index in [-0.39, 0.29) is 40.3 Å². The summed E-state index contributed by atoms with van der Waals surface area (Å²) < 4.78 is 6.01. The van der Waals surface area contributed by atoms with Crippen molar-refractivity contribution >= 4 is 54.0 Å². The molecule has 1 aromatic carbocycles. The second-order valence-corrected chi connectivity index (χ2v) is 6.11. The van der Waals surface area contributed by atoms with E-state index in [1.165, 1.54) is 24.2 Å². The summed E-state index contributed by atoms with van der Waals surface area (Å²) >= 11 is 4.21. The predicted molar refractivity (Wildman–Crippen MR) is 92.9 cm³/mol. The zero-order valence-corrected chi connectivity index (χ0v) is 14.6. The second-order valence-electron chi connectivity index (χ2n) is 5.63. The van der Waals surface area contributed by atoms with E-state index in [0.29, 0.717) is 5.56 Å². The molecule has 3 rings (SSSR count). The van der Waals surface area contributed by atoms with Crippen molar-refractivity contribution < 1.29 is 23.9 Å². The minimum atomic E-state index is -0.941. The lowest BCUT2D eigenvalue weighted by Gasteiger charge is -2.27. The fourth-order valence-corrected chi connectivity index (χ4v) is 3.14. The Morgan fingerprint density at radius 3 is 2.31 bits per heavy atom. The Kier molecular flexibility index (Phi) is 4.17. The molecule has 0 fully saturated rings. The minimum absolute atomic E-state index is 0.0205. The number of carbonyl (C=O) groups is 4. The zero-order valence-electron chi connectivity index (χ0n) is 13.7. The van der Waals surface area contributed by atoms with Crippen LogP contribution in [0, 0.1) is 11.3 Å². The monoisotopic (exact) mass is 372 g/mol. The van der Waals surface area contributed by atoms with Gasteiger partial charge in [-0.2, -0.15) is 5.26 Å². The summed E-state index contributed by atoms with van der Waals surface area (Å²) in [5.74, 6) is -2.78. The summed E-state index contributed by atoms with van der Waals surface area (Å²) in [6.07, 6.45) is 1.38. The second kappa shape index (κ2) is 6.20. The molecule has 0 aromatic heterocycles. The number of anilines is 2. The average Bonchev–Trinajstić information content (AvgIpc) is 2.84. The Morgan fingerprint density at radius 1 is 1.15 bits per heavy atom. The highest BCUT2D eigenvalue weighted by molar-refractivity contribution is 7.77. The van der Waals surface area contributed by atoms with Crippen LogP contribution in [0.3, 0.4) is 0 Å². The van der Waals surface area contributed by atoms with Gasteiger partial charge in [-0.05, 0) is 11.6 Å². The third-order valence-electron chi connectivity index (χ3n) is 3.82. The van der Waals surface area contributed by atoms with Crippen LogP contribution in [0.2, 0.25) is 0 Å². The van der Waals surface area contributed by atoms with Gasteiger partial charge >= 0.3 is 11.9 Å². The fourth-order valence-electron chi connectivity index (χ4n) is 2.90. The van der Waals surface area contributed by atoms with Crippen molar-refractivity contribution in [3.05, 3.63) is 28.0 Å². The van der Waals surface area contributed by atoms with Gasteiger partial charge in [-0.1, -0.05) is 12.8 Å². The number of ether oxygens (including phenoxy) is 1. The number of fused-ring (bicyclic) bond motifs is 3. The number of thiol groups is 1. The van der Waals surface area contributed by atoms with E-state index in [2.05, 4.69) is 28.2 Å². The first-order valence-electron chi connectivity index (χ1n) is 7.37. The molecule has 0 bridgehead atoms. The fraction of sp³-hybridized carbons (Fsp3) is 0.188. The summed E-state index contributed by atoms with van der Waals surface area (Å²) in [6, 6.07) is 1.94. The molecule has 2 aliphatic rings. The van der Waals surface area contributed by atoms with Gasteiger partial charge in [0.05, 0.1) is 23.5 Å². The number of hydrogen-bond donors (Lipinski definition) is 3. The summed E-state index contributed by atoms with van der Waals surface area (Å²) in [4.78, 5) is 47.7. The highest BCUT2D eigenvalue weighted by Gasteiger charge is 2.40. The number of cyclic esters (lactones) is 2. The van der Waals surface area contributed by atoms with Crippen molar-refractivity contribution in [2.75, 3.05) is 10.6 Å². The Bertz CT molecular complexity index is 976. The normalized spacial score (nSPS) is 14.7. The van der Waals surface area contributed by atoms with E-state index in [1.54, 1.807) is 0 Å². The van der Waals surface area contributed by atoms with Gasteiger partial charge < -0.3 is 19.7 Å². The van der Waals surface area contributed by atoms with Crippen LogP contribution < -0.4 is 10.6 Å². The maximum atomic E-state index is 12.2. The third kappa shape index (κ3) is 2.68. The molecule has 0 saturated heterocycles. The molecule has 0 spiro atoms. The summed E-state index contributed by atoms with van der Waals surface area (Å²) in [7, 11) is 0. The van der Waals surface area contributed by atoms with Crippen molar-refractivity contribution in [3.63, 3.8) is 0 Å². The molecule has 132 valence electrons. The molecule has 0 saturated carbocycles. The molecule has 26 heavy (non-hydrogen) atoms. The van der Waals surface area contributed by atoms with Crippen molar-refractivity contribution in [2.45, 2.75) is 20.4 Å². The van der Waals surface area contributed by atoms with Crippen LogP contribution in [0.15, 0.2) is 5.70 Å². The maximum Gasteiger partial charge on any atom is 0.349 e. The van der Waals surface area contributed by atoms with Gasteiger partial charge in [-0.3, -0.25) is 9.59 Å². The Hall–Kier alpha value is -3.32. The van der Waals surface area contributed by atoms with Gasteiger partial charge in [0, 0.05) is 19.4 Å². The zero-order chi connectivity index (χ0) is 19.2. The number of carbonyl (C=O) groups excluding carboxylic acids is 4. The molecule has 0 radical (unpaired) electrons. The number of amides is 2. The Balaban J connectivity index is 2.43. The first-order chi connectivity index (χ1) is 12.2. The smallest absolute Gasteiger partial charge is 0.349 e. The largest absolute Gasteiger partial charge is 0.386 e. The van der Waals surface area contributed by atoms with Crippen LogP contribution in [0.5, 0.6) is 0 Å². The number of esters is 2. The van der Waals surface area contributed by atoms with E-state index in [4.69, 9.17) is 0 Å². The highest BCUT2D eigenvalue weighted by Crippen LogP contribution is 2.44. The van der Waals surface area contributed by atoms with E-state index in [0.717, 1.165) is 0 Å². The molecule has 2 amide bonds. The molecule has 0 unspecified atom stereocenters.